The Kier molecular flexibility index (Phi) is 4.19. The van der Waals surface area contributed by atoms with Crippen LogP contribution in [-0.2, 0) is 9.53 Å². The van der Waals surface area contributed by atoms with Gasteiger partial charge in [-0.2, -0.15) is 0 Å². The van der Waals surface area contributed by atoms with Crippen LogP contribution in [0.15, 0.2) is 10.6 Å². The lowest BCUT2D eigenvalue weighted by atomic mass is 9.98. The summed E-state index contributed by atoms with van der Waals surface area (Å²) in [5, 5.41) is 3.71. The first-order valence-corrected chi connectivity index (χ1v) is 6.51. The van der Waals surface area contributed by atoms with E-state index in [0.29, 0.717) is 31.2 Å². The summed E-state index contributed by atoms with van der Waals surface area (Å²) in [7, 11) is 0. The van der Waals surface area contributed by atoms with Gasteiger partial charge < -0.3 is 14.2 Å². The summed E-state index contributed by atoms with van der Waals surface area (Å²) in [5.74, 6) is -0.0462. The molecule has 0 aromatic carbocycles. The quantitative estimate of drug-likeness (QED) is 0.773. The third-order valence-electron chi connectivity index (χ3n) is 3.18. The lowest BCUT2D eigenvalue weighted by Gasteiger charge is -2.30. The van der Waals surface area contributed by atoms with Gasteiger partial charge in [-0.3, -0.25) is 9.59 Å². The first-order chi connectivity index (χ1) is 9.11. The first-order valence-electron chi connectivity index (χ1n) is 6.51. The molecular formula is C13H18N2O4. The fourth-order valence-corrected chi connectivity index (χ4v) is 2.24. The van der Waals surface area contributed by atoms with E-state index in [4.69, 9.17) is 9.26 Å². The monoisotopic (exact) mass is 266 g/mol. The Morgan fingerprint density at radius 2 is 2.37 bits per heavy atom. The number of carbonyl (C=O) groups is 2. The fourth-order valence-electron chi connectivity index (χ4n) is 2.24. The maximum atomic E-state index is 12.2. The number of carbonyl (C=O) groups excluding carboxylic acids is 2. The Morgan fingerprint density at radius 1 is 1.58 bits per heavy atom. The molecule has 1 atom stereocenters. The summed E-state index contributed by atoms with van der Waals surface area (Å²) in [4.78, 5) is 25.5. The normalized spacial score (nSPS) is 19.3. The summed E-state index contributed by atoms with van der Waals surface area (Å²) in [6, 6.07) is 1.61. The summed E-state index contributed by atoms with van der Waals surface area (Å²) >= 11 is 0. The highest BCUT2D eigenvalue weighted by Crippen LogP contribution is 2.19. The molecule has 6 heteroatoms. The summed E-state index contributed by atoms with van der Waals surface area (Å²) in [5.41, 5.74) is 0.294. The van der Waals surface area contributed by atoms with Gasteiger partial charge in [-0.05, 0) is 26.7 Å². The van der Waals surface area contributed by atoms with E-state index in [1.165, 1.54) is 0 Å². The second kappa shape index (κ2) is 5.86. The molecule has 0 saturated carbocycles. The molecule has 0 radical (unpaired) electrons. The standard InChI is InChI=1S/C13H18N2O4/c1-3-18-13(17)10-5-4-6-15(8-10)12(16)11-7-9(2)19-14-11/h7,10H,3-6,8H2,1-2H3. The predicted molar refractivity (Wildman–Crippen MR) is 66.5 cm³/mol. The van der Waals surface area contributed by atoms with Crippen molar-refractivity contribution in [1.82, 2.24) is 10.1 Å². The Morgan fingerprint density at radius 3 is 3.00 bits per heavy atom. The number of rotatable bonds is 3. The van der Waals surface area contributed by atoms with Gasteiger partial charge in [0.25, 0.3) is 5.91 Å². The molecule has 0 N–H and O–H groups in total. The third-order valence-corrected chi connectivity index (χ3v) is 3.18. The molecule has 1 aromatic heterocycles. The van der Waals surface area contributed by atoms with Crippen LogP contribution in [0.2, 0.25) is 0 Å². The largest absolute Gasteiger partial charge is 0.466 e. The van der Waals surface area contributed by atoms with Crippen molar-refractivity contribution in [2.75, 3.05) is 19.7 Å². The Balaban J connectivity index is 2.01. The maximum absolute atomic E-state index is 12.2. The van der Waals surface area contributed by atoms with Gasteiger partial charge in [-0.25, -0.2) is 0 Å². The molecule has 1 amide bonds. The number of amides is 1. The Bertz CT molecular complexity index is 469. The van der Waals surface area contributed by atoms with Crippen LogP contribution in [0, 0.1) is 12.8 Å². The predicted octanol–water partition coefficient (Wildman–Crippen LogP) is 1.40. The van der Waals surface area contributed by atoms with Crippen LogP contribution in [0.5, 0.6) is 0 Å². The number of hydrogen-bond acceptors (Lipinski definition) is 5. The molecule has 1 aliphatic heterocycles. The van der Waals surface area contributed by atoms with Crippen LogP contribution >= 0.6 is 0 Å². The van der Waals surface area contributed by atoms with Gasteiger partial charge in [0.2, 0.25) is 0 Å². The zero-order valence-electron chi connectivity index (χ0n) is 11.2. The molecule has 19 heavy (non-hydrogen) atoms. The molecule has 1 aliphatic rings. The van der Waals surface area contributed by atoms with E-state index < -0.39 is 0 Å². The van der Waals surface area contributed by atoms with Gasteiger partial charge in [-0.1, -0.05) is 5.16 Å². The molecule has 2 heterocycles. The fraction of sp³-hybridized carbons (Fsp3) is 0.615. The number of esters is 1. The minimum Gasteiger partial charge on any atom is -0.466 e. The average Bonchev–Trinajstić information content (AvgIpc) is 2.85. The number of aromatic nitrogens is 1. The van der Waals surface area contributed by atoms with Gasteiger partial charge in [-0.15, -0.1) is 0 Å². The maximum Gasteiger partial charge on any atom is 0.310 e. The van der Waals surface area contributed by atoms with Crippen LogP contribution in [-0.4, -0.2) is 41.6 Å². The molecule has 1 aromatic rings. The molecular weight excluding hydrogens is 248 g/mol. The van der Waals surface area contributed by atoms with Gasteiger partial charge in [0.1, 0.15) is 5.76 Å². The van der Waals surface area contributed by atoms with Gasteiger partial charge in [0.15, 0.2) is 5.69 Å². The van der Waals surface area contributed by atoms with E-state index in [-0.39, 0.29) is 17.8 Å². The van der Waals surface area contributed by atoms with E-state index in [0.717, 1.165) is 12.8 Å². The lowest BCUT2D eigenvalue weighted by molar-refractivity contribution is -0.149. The van der Waals surface area contributed by atoms with Crippen LogP contribution in [0.4, 0.5) is 0 Å². The average molecular weight is 266 g/mol. The topological polar surface area (TPSA) is 72.6 Å². The van der Waals surface area contributed by atoms with Crippen molar-refractivity contribution in [1.29, 1.82) is 0 Å². The SMILES string of the molecule is CCOC(=O)C1CCCN(C(=O)c2cc(C)on2)C1. The highest BCUT2D eigenvalue weighted by Gasteiger charge is 2.30. The van der Waals surface area contributed by atoms with Gasteiger partial charge >= 0.3 is 5.97 Å². The van der Waals surface area contributed by atoms with Crippen LogP contribution in [0.1, 0.15) is 36.0 Å². The van der Waals surface area contributed by atoms with Gasteiger partial charge in [0.05, 0.1) is 12.5 Å². The van der Waals surface area contributed by atoms with Crippen molar-refractivity contribution in [2.24, 2.45) is 5.92 Å². The van der Waals surface area contributed by atoms with Crippen molar-refractivity contribution >= 4 is 11.9 Å². The minimum absolute atomic E-state index is 0.189. The third kappa shape index (κ3) is 3.13. The van der Waals surface area contributed by atoms with E-state index in [9.17, 15) is 9.59 Å². The molecule has 6 nitrogen and oxygen atoms in total. The Labute approximate surface area is 111 Å². The molecule has 0 bridgehead atoms. The summed E-state index contributed by atoms with van der Waals surface area (Å²) in [6.07, 6.45) is 1.56. The smallest absolute Gasteiger partial charge is 0.310 e. The zero-order chi connectivity index (χ0) is 13.8. The van der Waals surface area contributed by atoms with Crippen LogP contribution in [0.3, 0.4) is 0 Å². The van der Waals surface area contributed by atoms with E-state index in [2.05, 4.69) is 5.16 Å². The number of ether oxygens (including phenoxy) is 1. The minimum atomic E-state index is -0.231. The number of aryl methyl sites for hydroxylation is 1. The number of likely N-dealkylation sites (tertiary alicyclic amines) is 1. The zero-order valence-corrected chi connectivity index (χ0v) is 11.2. The molecule has 0 spiro atoms. The van der Waals surface area contributed by atoms with Crippen molar-refractivity contribution < 1.29 is 18.8 Å². The second-order valence-electron chi connectivity index (χ2n) is 4.67. The van der Waals surface area contributed by atoms with E-state index in [1.807, 2.05) is 0 Å². The van der Waals surface area contributed by atoms with Crippen molar-refractivity contribution in [2.45, 2.75) is 26.7 Å². The number of piperidine rings is 1. The highest BCUT2D eigenvalue weighted by atomic mass is 16.5. The highest BCUT2D eigenvalue weighted by molar-refractivity contribution is 5.92. The van der Waals surface area contributed by atoms with Crippen molar-refractivity contribution in [3.63, 3.8) is 0 Å². The Hall–Kier alpha value is -1.85. The molecule has 0 aliphatic carbocycles. The molecule has 2 rings (SSSR count). The molecule has 1 unspecified atom stereocenters. The first kappa shape index (κ1) is 13.6. The second-order valence-corrected chi connectivity index (χ2v) is 4.67. The lowest BCUT2D eigenvalue weighted by Crippen LogP contribution is -2.42. The van der Waals surface area contributed by atoms with Crippen molar-refractivity contribution in [3.8, 4) is 0 Å². The van der Waals surface area contributed by atoms with E-state index in [1.54, 1.807) is 24.8 Å². The van der Waals surface area contributed by atoms with Crippen molar-refractivity contribution in [3.05, 3.63) is 17.5 Å². The van der Waals surface area contributed by atoms with E-state index >= 15 is 0 Å². The van der Waals surface area contributed by atoms with Crippen LogP contribution < -0.4 is 0 Å². The number of hydrogen-bond donors (Lipinski definition) is 0. The number of nitrogens with zero attached hydrogens (tertiary/aromatic N) is 2. The molecule has 1 saturated heterocycles. The van der Waals surface area contributed by atoms with Gasteiger partial charge in [0, 0.05) is 19.2 Å². The molecule has 1 fully saturated rings. The van der Waals surface area contributed by atoms with Crippen LogP contribution in [0.25, 0.3) is 0 Å². The summed E-state index contributed by atoms with van der Waals surface area (Å²) < 4.78 is 9.91. The summed E-state index contributed by atoms with van der Waals surface area (Å²) in [6.45, 7) is 4.92. The molecule has 104 valence electrons.